The fourth-order valence-electron chi connectivity index (χ4n) is 3.76. The van der Waals surface area contributed by atoms with Crippen molar-refractivity contribution in [3.63, 3.8) is 0 Å². The Morgan fingerprint density at radius 2 is 2.15 bits per heavy atom. The van der Waals surface area contributed by atoms with Gasteiger partial charge in [0, 0.05) is 12.1 Å². The molecule has 1 aromatic heterocycles. The molecular formula is C21H26N4O2. The maximum Gasteiger partial charge on any atom is 0.269 e. The topological polar surface area (TPSA) is 68.2 Å². The number of amides is 1. The van der Waals surface area contributed by atoms with E-state index in [1.807, 2.05) is 35.0 Å². The van der Waals surface area contributed by atoms with Crippen LogP contribution < -0.4 is 15.4 Å². The van der Waals surface area contributed by atoms with Gasteiger partial charge in [-0.05, 0) is 62.4 Å². The molecule has 0 radical (unpaired) electrons. The SMILES string of the molecule is COc1ccc(-c2cc3n(n2)[C@@H](NCCC2=CCCCC2)CNC3=O)cc1. The van der Waals surface area contributed by atoms with Crippen LogP contribution in [0.3, 0.4) is 0 Å². The highest BCUT2D eigenvalue weighted by atomic mass is 16.5. The van der Waals surface area contributed by atoms with Crippen molar-refractivity contribution in [2.24, 2.45) is 0 Å². The first-order valence-corrected chi connectivity index (χ1v) is 9.68. The first-order chi connectivity index (χ1) is 13.2. The number of aromatic nitrogens is 2. The van der Waals surface area contributed by atoms with Crippen molar-refractivity contribution < 1.29 is 9.53 Å². The molecule has 0 bridgehead atoms. The quantitative estimate of drug-likeness (QED) is 0.770. The van der Waals surface area contributed by atoms with Crippen LogP contribution in [0.2, 0.25) is 0 Å². The largest absolute Gasteiger partial charge is 0.497 e. The molecule has 2 aliphatic rings. The molecular weight excluding hydrogens is 340 g/mol. The molecule has 1 atom stereocenters. The van der Waals surface area contributed by atoms with E-state index in [0.717, 1.165) is 30.0 Å². The number of hydrogen-bond acceptors (Lipinski definition) is 4. The highest BCUT2D eigenvalue weighted by Gasteiger charge is 2.27. The molecule has 0 spiro atoms. The molecule has 6 heteroatoms. The Hall–Kier alpha value is -2.60. The number of nitrogens with zero attached hydrogens (tertiary/aromatic N) is 2. The lowest BCUT2D eigenvalue weighted by Gasteiger charge is -2.26. The number of allylic oxidation sites excluding steroid dienone is 1. The zero-order valence-corrected chi connectivity index (χ0v) is 15.7. The summed E-state index contributed by atoms with van der Waals surface area (Å²) in [6.45, 7) is 1.44. The molecule has 0 unspecified atom stereocenters. The molecule has 2 heterocycles. The van der Waals surface area contributed by atoms with Crippen LogP contribution in [0.4, 0.5) is 0 Å². The van der Waals surface area contributed by atoms with Gasteiger partial charge in [-0.3, -0.25) is 10.1 Å². The van der Waals surface area contributed by atoms with Crippen LogP contribution in [0.5, 0.6) is 5.75 Å². The van der Waals surface area contributed by atoms with Gasteiger partial charge in [-0.1, -0.05) is 11.6 Å². The van der Waals surface area contributed by atoms with Crippen molar-refractivity contribution in [1.82, 2.24) is 20.4 Å². The van der Waals surface area contributed by atoms with Gasteiger partial charge in [-0.15, -0.1) is 0 Å². The lowest BCUT2D eigenvalue weighted by molar-refractivity contribution is 0.0900. The van der Waals surface area contributed by atoms with E-state index >= 15 is 0 Å². The molecule has 1 amide bonds. The molecule has 2 aromatic rings. The third-order valence-electron chi connectivity index (χ3n) is 5.32. The average Bonchev–Trinajstić information content (AvgIpc) is 3.17. The van der Waals surface area contributed by atoms with Crippen molar-refractivity contribution in [2.45, 2.75) is 38.3 Å². The van der Waals surface area contributed by atoms with Crippen LogP contribution in [-0.2, 0) is 0 Å². The molecule has 0 saturated heterocycles. The second-order valence-electron chi connectivity index (χ2n) is 7.13. The molecule has 27 heavy (non-hydrogen) atoms. The Kier molecular flexibility index (Phi) is 5.25. The van der Waals surface area contributed by atoms with E-state index in [9.17, 15) is 4.79 Å². The summed E-state index contributed by atoms with van der Waals surface area (Å²) in [4.78, 5) is 12.3. The van der Waals surface area contributed by atoms with Crippen molar-refractivity contribution >= 4 is 5.91 Å². The minimum absolute atomic E-state index is 0.0195. The molecule has 6 nitrogen and oxygen atoms in total. The fraction of sp³-hybridized carbons (Fsp3) is 0.429. The van der Waals surface area contributed by atoms with Gasteiger partial charge in [0.1, 0.15) is 17.6 Å². The fourth-order valence-corrected chi connectivity index (χ4v) is 3.76. The van der Waals surface area contributed by atoms with E-state index < -0.39 is 0 Å². The predicted molar refractivity (Wildman–Crippen MR) is 105 cm³/mol. The van der Waals surface area contributed by atoms with Crippen LogP contribution in [0.25, 0.3) is 11.3 Å². The number of hydrogen-bond donors (Lipinski definition) is 2. The monoisotopic (exact) mass is 366 g/mol. The average molecular weight is 366 g/mol. The molecule has 1 aliphatic heterocycles. The molecule has 142 valence electrons. The van der Waals surface area contributed by atoms with E-state index in [1.165, 1.54) is 25.7 Å². The van der Waals surface area contributed by atoms with Crippen LogP contribution in [0, 0.1) is 0 Å². The van der Waals surface area contributed by atoms with Gasteiger partial charge in [-0.25, -0.2) is 4.68 Å². The van der Waals surface area contributed by atoms with Crippen LogP contribution >= 0.6 is 0 Å². The van der Waals surface area contributed by atoms with Gasteiger partial charge in [0.2, 0.25) is 0 Å². The molecule has 0 saturated carbocycles. The predicted octanol–water partition coefficient (Wildman–Crippen LogP) is 3.28. The standard InChI is InChI=1S/C21H26N4O2/c1-27-17-9-7-16(8-10-17)18-13-19-21(26)23-14-20(25(19)24-18)22-12-11-15-5-3-2-4-6-15/h5,7-10,13,20,22H,2-4,6,11-12,14H2,1H3,(H,23,26)/t20-/m1/s1. The van der Waals surface area contributed by atoms with Crippen molar-refractivity contribution in [3.05, 3.63) is 47.7 Å². The van der Waals surface area contributed by atoms with Crippen molar-refractivity contribution in [1.29, 1.82) is 0 Å². The number of benzene rings is 1. The summed E-state index contributed by atoms with van der Waals surface area (Å²) in [6.07, 6.45) is 8.48. The first-order valence-electron chi connectivity index (χ1n) is 9.68. The second-order valence-corrected chi connectivity index (χ2v) is 7.13. The smallest absolute Gasteiger partial charge is 0.269 e. The Balaban J connectivity index is 1.48. The zero-order valence-electron chi connectivity index (χ0n) is 15.7. The maximum atomic E-state index is 12.3. The number of nitrogens with one attached hydrogen (secondary N) is 2. The van der Waals surface area contributed by atoms with Crippen LogP contribution in [0.1, 0.15) is 48.8 Å². The highest BCUT2D eigenvalue weighted by molar-refractivity contribution is 5.94. The number of carbonyl (C=O) groups excluding carboxylic acids is 1. The highest BCUT2D eigenvalue weighted by Crippen LogP contribution is 2.25. The van der Waals surface area contributed by atoms with Gasteiger partial charge in [0.25, 0.3) is 5.91 Å². The Morgan fingerprint density at radius 1 is 1.30 bits per heavy atom. The second kappa shape index (κ2) is 7.96. The lowest BCUT2D eigenvalue weighted by Crippen LogP contribution is -2.45. The van der Waals surface area contributed by atoms with Crippen molar-refractivity contribution in [3.8, 4) is 17.0 Å². The summed E-state index contributed by atoms with van der Waals surface area (Å²) >= 11 is 0. The number of ether oxygens (including phenoxy) is 1. The first kappa shape index (κ1) is 17.8. The van der Waals surface area contributed by atoms with Gasteiger partial charge in [0.15, 0.2) is 0 Å². The zero-order chi connectivity index (χ0) is 18.6. The molecule has 2 N–H and O–H groups in total. The van der Waals surface area contributed by atoms with E-state index in [0.29, 0.717) is 12.2 Å². The number of methoxy groups -OCH3 is 1. The maximum absolute atomic E-state index is 12.3. The Labute approximate surface area is 159 Å². The normalized spacial score (nSPS) is 19.2. The minimum atomic E-state index is -0.0738. The number of fused-ring (bicyclic) bond motifs is 1. The van der Waals surface area contributed by atoms with Crippen LogP contribution in [-0.4, -0.2) is 35.9 Å². The summed E-state index contributed by atoms with van der Waals surface area (Å²) in [5.41, 5.74) is 3.91. The van der Waals surface area contributed by atoms with Gasteiger partial charge in [0.05, 0.1) is 19.3 Å². The van der Waals surface area contributed by atoms with Crippen LogP contribution in [0.15, 0.2) is 42.0 Å². The van der Waals surface area contributed by atoms with Gasteiger partial charge in [-0.2, -0.15) is 5.10 Å². The summed E-state index contributed by atoms with van der Waals surface area (Å²) in [6, 6.07) is 9.59. The molecule has 1 aromatic carbocycles. The van der Waals surface area contributed by atoms with E-state index in [2.05, 4.69) is 16.7 Å². The minimum Gasteiger partial charge on any atom is -0.497 e. The Bertz CT molecular complexity index is 838. The number of rotatable bonds is 6. The number of carbonyl (C=O) groups is 1. The summed E-state index contributed by atoms with van der Waals surface area (Å²) < 4.78 is 7.04. The summed E-state index contributed by atoms with van der Waals surface area (Å²) in [7, 11) is 1.65. The van der Waals surface area contributed by atoms with Gasteiger partial charge < -0.3 is 10.1 Å². The third kappa shape index (κ3) is 3.90. The van der Waals surface area contributed by atoms with E-state index in [1.54, 1.807) is 12.7 Å². The molecule has 4 rings (SSSR count). The molecule has 1 aliphatic carbocycles. The van der Waals surface area contributed by atoms with Gasteiger partial charge >= 0.3 is 0 Å². The summed E-state index contributed by atoms with van der Waals surface area (Å²) in [5.74, 6) is 0.729. The van der Waals surface area contributed by atoms with E-state index in [-0.39, 0.29) is 12.1 Å². The van der Waals surface area contributed by atoms with E-state index in [4.69, 9.17) is 9.84 Å². The van der Waals surface area contributed by atoms with Crippen molar-refractivity contribution in [2.75, 3.05) is 20.2 Å². The lowest BCUT2D eigenvalue weighted by atomic mass is 9.97. The summed E-state index contributed by atoms with van der Waals surface area (Å²) in [5, 5.41) is 11.2. The third-order valence-corrected chi connectivity index (χ3v) is 5.32. The molecule has 0 fully saturated rings. The Morgan fingerprint density at radius 3 is 2.89 bits per heavy atom.